The first-order chi connectivity index (χ1) is 11.4. The van der Waals surface area contributed by atoms with Crippen molar-refractivity contribution in [3.8, 4) is 0 Å². The van der Waals surface area contributed by atoms with Gasteiger partial charge in [-0.15, -0.1) is 0 Å². The average molecular weight is 417 g/mol. The lowest BCUT2D eigenvalue weighted by atomic mass is 9.99. The lowest BCUT2D eigenvalue weighted by Crippen LogP contribution is -2.47. The van der Waals surface area contributed by atoms with E-state index >= 15 is 0 Å². The van der Waals surface area contributed by atoms with Gasteiger partial charge in [-0.3, -0.25) is 0 Å². The Kier molecular flexibility index (Phi) is 5.19. The zero-order chi connectivity index (χ0) is 20.2. The molecule has 0 aromatic rings. The molecule has 26 heavy (non-hydrogen) atoms. The molecule has 0 spiro atoms. The molecule has 0 amide bonds. The highest BCUT2D eigenvalue weighted by molar-refractivity contribution is 7.87. The van der Waals surface area contributed by atoms with Crippen molar-refractivity contribution in [2.75, 3.05) is 6.61 Å². The molecule has 2 atom stereocenters. The maximum Gasteiger partial charge on any atom is 0.534 e. The molecular weight excluding hydrogens is 389 g/mol. The standard InChI is InChI=1S/C16H27F3O5SSi/c1-13(2,3)26(5,6)22-11-15-8-7-14(4,24-15)9-12(10-15)23-25(20,21)16(17,18)19/h10H,7-9,11H2,1-6H3. The van der Waals surface area contributed by atoms with Crippen molar-refractivity contribution < 1.29 is 34.9 Å². The van der Waals surface area contributed by atoms with Crippen molar-refractivity contribution in [1.29, 1.82) is 0 Å². The molecule has 152 valence electrons. The second-order valence-corrected chi connectivity index (χ2v) is 15.3. The van der Waals surface area contributed by atoms with Gasteiger partial charge >= 0.3 is 15.6 Å². The van der Waals surface area contributed by atoms with E-state index in [4.69, 9.17) is 9.16 Å². The highest BCUT2D eigenvalue weighted by atomic mass is 32.2. The van der Waals surface area contributed by atoms with E-state index in [0.717, 1.165) is 0 Å². The van der Waals surface area contributed by atoms with Gasteiger partial charge in [0.2, 0.25) is 0 Å². The first-order valence-corrected chi connectivity index (χ1v) is 12.8. The van der Waals surface area contributed by atoms with E-state index in [-0.39, 0.29) is 23.8 Å². The minimum atomic E-state index is -5.69. The molecule has 1 saturated heterocycles. The van der Waals surface area contributed by atoms with Gasteiger partial charge in [0.05, 0.1) is 12.2 Å². The molecule has 10 heteroatoms. The van der Waals surface area contributed by atoms with Crippen molar-refractivity contribution >= 4 is 18.4 Å². The third-order valence-corrected chi connectivity index (χ3v) is 11.0. The molecule has 2 aliphatic rings. The number of alkyl halides is 3. The number of ether oxygens (including phenoxy) is 1. The molecular formula is C16H27F3O5SSi. The van der Waals surface area contributed by atoms with Crippen LogP contribution in [0.5, 0.6) is 0 Å². The van der Waals surface area contributed by atoms with Crippen LogP contribution in [0.3, 0.4) is 0 Å². The summed E-state index contributed by atoms with van der Waals surface area (Å²) in [7, 11) is -7.80. The molecule has 2 unspecified atom stereocenters. The van der Waals surface area contributed by atoms with Crippen LogP contribution < -0.4 is 0 Å². The molecule has 0 saturated carbocycles. The third kappa shape index (κ3) is 4.28. The predicted octanol–water partition coefficient (Wildman–Crippen LogP) is 4.47. The van der Waals surface area contributed by atoms with Crippen LogP contribution in [-0.2, 0) is 23.5 Å². The zero-order valence-electron chi connectivity index (χ0n) is 16.0. The first-order valence-electron chi connectivity index (χ1n) is 8.47. The summed E-state index contributed by atoms with van der Waals surface area (Å²) in [4.78, 5) is 0. The third-order valence-electron chi connectivity index (χ3n) is 5.48. The SMILES string of the molecule is CC12CCC(CO[Si](C)(C)C(C)(C)C)(C=C(OS(=O)(=O)C(F)(F)F)C1)O2. The summed E-state index contributed by atoms with van der Waals surface area (Å²) in [6, 6.07) is 0. The van der Waals surface area contributed by atoms with Gasteiger partial charge in [0, 0.05) is 6.42 Å². The van der Waals surface area contributed by atoms with Gasteiger partial charge in [-0.05, 0) is 44.0 Å². The van der Waals surface area contributed by atoms with Gasteiger partial charge in [0.25, 0.3) is 0 Å². The number of fused-ring (bicyclic) bond motifs is 2. The van der Waals surface area contributed by atoms with Gasteiger partial charge in [-0.1, -0.05) is 20.8 Å². The molecule has 0 aliphatic carbocycles. The second-order valence-electron chi connectivity index (χ2n) is 8.94. The largest absolute Gasteiger partial charge is 0.534 e. The van der Waals surface area contributed by atoms with E-state index in [9.17, 15) is 21.6 Å². The lowest BCUT2D eigenvalue weighted by molar-refractivity contribution is -0.104. The highest BCUT2D eigenvalue weighted by Gasteiger charge is 2.54. The van der Waals surface area contributed by atoms with E-state index in [1.54, 1.807) is 6.92 Å². The molecule has 0 radical (unpaired) electrons. The van der Waals surface area contributed by atoms with Crippen molar-refractivity contribution in [2.24, 2.45) is 0 Å². The molecule has 0 aromatic heterocycles. The number of hydrogen-bond donors (Lipinski definition) is 0. The normalized spacial score (nSPS) is 30.3. The highest BCUT2D eigenvalue weighted by Crippen LogP contribution is 2.49. The molecule has 5 nitrogen and oxygen atoms in total. The van der Waals surface area contributed by atoms with E-state index in [1.807, 2.05) is 0 Å². The fraction of sp³-hybridized carbons (Fsp3) is 0.875. The lowest BCUT2D eigenvalue weighted by Gasteiger charge is -2.41. The first kappa shape index (κ1) is 21.7. The van der Waals surface area contributed by atoms with E-state index in [0.29, 0.717) is 12.8 Å². The molecule has 2 bridgehead atoms. The monoisotopic (exact) mass is 416 g/mol. The second kappa shape index (κ2) is 6.21. The van der Waals surface area contributed by atoms with Crippen molar-refractivity contribution in [3.63, 3.8) is 0 Å². The van der Waals surface area contributed by atoms with Crippen molar-refractivity contribution in [1.82, 2.24) is 0 Å². The van der Waals surface area contributed by atoms with Crippen LogP contribution in [0.4, 0.5) is 13.2 Å². The minimum absolute atomic E-state index is 0.0237. The van der Waals surface area contributed by atoms with Crippen LogP contribution in [0.1, 0.15) is 47.0 Å². The Morgan fingerprint density at radius 3 is 2.31 bits per heavy atom. The zero-order valence-corrected chi connectivity index (χ0v) is 17.8. The van der Waals surface area contributed by atoms with Crippen LogP contribution in [0.2, 0.25) is 18.1 Å². The Morgan fingerprint density at radius 1 is 1.23 bits per heavy atom. The fourth-order valence-electron chi connectivity index (χ4n) is 2.91. The summed E-state index contributed by atoms with van der Waals surface area (Å²) in [5.74, 6) is -0.229. The van der Waals surface area contributed by atoms with Gasteiger partial charge in [0.15, 0.2) is 8.32 Å². The summed E-state index contributed by atoms with van der Waals surface area (Å²) >= 11 is 0. The van der Waals surface area contributed by atoms with Crippen LogP contribution in [0.25, 0.3) is 0 Å². The number of hydrogen-bond acceptors (Lipinski definition) is 5. The minimum Gasteiger partial charge on any atom is -0.414 e. The number of halogens is 3. The van der Waals surface area contributed by atoms with Crippen molar-refractivity contribution in [2.45, 2.75) is 81.8 Å². The predicted molar refractivity (Wildman–Crippen MR) is 93.4 cm³/mol. The van der Waals surface area contributed by atoms with Crippen LogP contribution >= 0.6 is 0 Å². The summed E-state index contributed by atoms with van der Waals surface area (Å²) in [5, 5.41) is -0.0388. The van der Waals surface area contributed by atoms with Crippen molar-refractivity contribution in [3.05, 3.63) is 11.8 Å². The average Bonchev–Trinajstić information content (AvgIpc) is 2.64. The number of rotatable bonds is 5. The molecule has 2 rings (SSSR count). The smallest absolute Gasteiger partial charge is 0.414 e. The maximum absolute atomic E-state index is 12.6. The molecule has 0 aromatic carbocycles. The van der Waals surface area contributed by atoms with E-state index in [2.05, 4.69) is 38.0 Å². The summed E-state index contributed by atoms with van der Waals surface area (Å²) in [5.41, 5.74) is -7.18. The Bertz CT molecular complexity index is 696. The van der Waals surface area contributed by atoms with Gasteiger partial charge < -0.3 is 13.3 Å². The maximum atomic E-state index is 12.6. The summed E-state index contributed by atoms with van der Waals surface area (Å²) in [6.07, 6.45) is 2.46. The molecule has 0 N–H and O–H groups in total. The fourth-order valence-corrected chi connectivity index (χ4v) is 4.43. The van der Waals surface area contributed by atoms with Crippen LogP contribution in [0.15, 0.2) is 11.8 Å². The van der Waals surface area contributed by atoms with Gasteiger partial charge in [0.1, 0.15) is 11.4 Å². The Balaban J connectivity index is 2.25. The Morgan fingerprint density at radius 2 is 1.81 bits per heavy atom. The van der Waals surface area contributed by atoms with Gasteiger partial charge in [-0.25, -0.2) is 0 Å². The van der Waals surface area contributed by atoms with Gasteiger partial charge in [-0.2, -0.15) is 21.6 Å². The Labute approximate surface area is 154 Å². The molecule has 2 aliphatic heterocycles. The molecule has 2 heterocycles. The topological polar surface area (TPSA) is 61.8 Å². The Hall–Kier alpha value is -0.583. The van der Waals surface area contributed by atoms with E-state index in [1.165, 1.54) is 6.08 Å². The summed E-state index contributed by atoms with van der Waals surface area (Å²) < 4.78 is 77.3. The van der Waals surface area contributed by atoms with Crippen LogP contribution in [0, 0.1) is 0 Å². The summed E-state index contributed by atoms with van der Waals surface area (Å²) in [6.45, 7) is 12.3. The van der Waals surface area contributed by atoms with Crippen LogP contribution in [-0.4, -0.2) is 40.1 Å². The quantitative estimate of drug-likeness (QED) is 0.376. The molecule has 1 fully saturated rings. The van der Waals surface area contributed by atoms with E-state index < -0.39 is 35.1 Å².